The zero-order valence-electron chi connectivity index (χ0n) is 2.92. The third-order valence-corrected chi connectivity index (χ3v) is 1.37. The fraction of sp³-hybridized carbons (Fsp3) is 0. The Morgan fingerprint density at radius 1 is 1.83 bits per heavy atom. The molecule has 3 heteroatoms. The number of hydrogen-bond acceptors (Lipinski definition) is 3. The fourth-order valence-corrected chi connectivity index (χ4v) is 0.798. The molecule has 0 fully saturated rings. The zero-order valence-corrected chi connectivity index (χ0v) is 4.55. The summed E-state index contributed by atoms with van der Waals surface area (Å²) in [7, 11) is 0. The molecule has 32 valence electrons. The second-order valence-corrected chi connectivity index (χ2v) is 2.34. The summed E-state index contributed by atoms with van der Waals surface area (Å²) in [6, 6.07) is 0. The van der Waals surface area contributed by atoms with Crippen molar-refractivity contribution in [2.24, 2.45) is 0 Å². The Kier molecular flexibility index (Phi) is 1.03. The van der Waals surface area contributed by atoms with E-state index in [1.807, 2.05) is 5.38 Å². The van der Waals surface area contributed by atoms with Gasteiger partial charge in [0.25, 0.3) is 0 Å². The lowest BCUT2D eigenvalue weighted by atomic mass is 11.0. The molecule has 0 saturated heterocycles. The Labute approximate surface area is 45.4 Å². The molecule has 0 unspecified atom stereocenters. The van der Waals surface area contributed by atoms with Gasteiger partial charge in [0.15, 0.2) is 0 Å². The summed E-state index contributed by atoms with van der Waals surface area (Å²) in [4.78, 5) is 3.75. The number of hydrogen-bond donors (Lipinski definition) is 0. The summed E-state index contributed by atoms with van der Waals surface area (Å²) in [6.45, 7) is 0. The number of aromatic nitrogens is 1. The smallest absolute Gasteiger partial charge is 0.0166 e. The van der Waals surface area contributed by atoms with Crippen LogP contribution in [0.15, 0.2) is 15.9 Å². The number of nitrogens with zero attached hydrogens (tertiary/aromatic N) is 1. The van der Waals surface area contributed by atoms with Gasteiger partial charge in [0, 0.05) is 6.20 Å². The van der Waals surface area contributed by atoms with E-state index in [1.165, 1.54) is 11.3 Å². The normalized spacial score (nSPS) is 8.67. The number of thiazole rings is 1. The molecular formula is C3H2NS2-. The molecule has 0 aromatic carbocycles. The Morgan fingerprint density at radius 2 is 2.67 bits per heavy atom. The van der Waals surface area contributed by atoms with Crippen molar-refractivity contribution < 1.29 is 0 Å². The molecule has 1 aromatic heterocycles. The van der Waals surface area contributed by atoms with E-state index in [9.17, 15) is 0 Å². The first-order valence-corrected chi connectivity index (χ1v) is 2.75. The van der Waals surface area contributed by atoms with Gasteiger partial charge in [-0.1, -0.05) is 5.38 Å². The SMILES string of the molecule is [S-]c1nccs1. The minimum atomic E-state index is 0.718. The minimum Gasteiger partial charge on any atom is -0.408 e. The summed E-state index contributed by atoms with van der Waals surface area (Å²) in [5.74, 6) is 0. The van der Waals surface area contributed by atoms with Gasteiger partial charge in [-0.2, -0.15) is 0 Å². The molecule has 1 heterocycles. The van der Waals surface area contributed by atoms with Crippen LogP contribution in [0, 0.1) is 0 Å². The van der Waals surface area contributed by atoms with Crippen LogP contribution < -0.4 is 0 Å². The second kappa shape index (κ2) is 1.53. The highest BCUT2D eigenvalue weighted by molar-refractivity contribution is 7.62. The van der Waals surface area contributed by atoms with Crippen LogP contribution in [-0.4, -0.2) is 4.98 Å². The molecule has 0 aliphatic rings. The Hall–Kier alpha value is -0.150. The van der Waals surface area contributed by atoms with Crippen LogP contribution in [0.3, 0.4) is 0 Å². The molecule has 0 aliphatic heterocycles. The highest BCUT2D eigenvalue weighted by Crippen LogP contribution is 1.99. The Balaban J connectivity index is 3.05. The lowest BCUT2D eigenvalue weighted by molar-refractivity contribution is 1.26. The highest BCUT2D eigenvalue weighted by Gasteiger charge is 1.63. The van der Waals surface area contributed by atoms with Crippen LogP contribution in [0.1, 0.15) is 0 Å². The Morgan fingerprint density at radius 3 is 2.83 bits per heavy atom. The van der Waals surface area contributed by atoms with Crippen molar-refractivity contribution >= 4 is 24.0 Å². The largest absolute Gasteiger partial charge is 0.408 e. The van der Waals surface area contributed by atoms with E-state index in [1.54, 1.807) is 6.20 Å². The van der Waals surface area contributed by atoms with E-state index < -0.39 is 0 Å². The summed E-state index contributed by atoms with van der Waals surface area (Å²) >= 11 is 6.13. The summed E-state index contributed by atoms with van der Waals surface area (Å²) in [6.07, 6.45) is 1.70. The predicted molar refractivity (Wildman–Crippen MR) is 27.7 cm³/mol. The molecule has 1 rings (SSSR count). The van der Waals surface area contributed by atoms with Crippen molar-refractivity contribution in [3.63, 3.8) is 0 Å². The Bertz CT molecular complexity index is 112. The topological polar surface area (TPSA) is 12.9 Å². The highest BCUT2D eigenvalue weighted by atomic mass is 32.2. The molecule has 1 nitrogen and oxygen atoms in total. The molecule has 6 heavy (non-hydrogen) atoms. The van der Waals surface area contributed by atoms with Crippen molar-refractivity contribution in [3.8, 4) is 0 Å². The van der Waals surface area contributed by atoms with Gasteiger partial charge < -0.3 is 24.0 Å². The van der Waals surface area contributed by atoms with Gasteiger partial charge >= 0.3 is 0 Å². The van der Waals surface area contributed by atoms with Gasteiger partial charge in [-0.15, -0.1) is 0 Å². The quantitative estimate of drug-likeness (QED) is 0.470. The summed E-state index contributed by atoms with van der Waals surface area (Å²) in [5, 5.41) is 1.86. The van der Waals surface area contributed by atoms with Gasteiger partial charge in [-0.3, -0.25) is 4.98 Å². The minimum absolute atomic E-state index is 0.718. The molecule has 0 atom stereocenters. The van der Waals surface area contributed by atoms with Crippen LogP contribution in [0.2, 0.25) is 0 Å². The maximum Gasteiger partial charge on any atom is 0.0166 e. The van der Waals surface area contributed by atoms with Crippen molar-refractivity contribution in [2.45, 2.75) is 4.34 Å². The van der Waals surface area contributed by atoms with Gasteiger partial charge in [0.1, 0.15) is 0 Å². The van der Waals surface area contributed by atoms with Crippen molar-refractivity contribution in [1.82, 2.24) is 4.98 Å². The monoisotopic (exact) mass is 116 g/mol. The van der Waals surface area contributed by atoms with E-state index in [0.29, 0.717) is 0 Å². The van der Waals surface area contributed by atoms with Gasteiger partial charge in [0.05, 0.1) is 0 Å². The summed E-state index contributed by atoms with van der Waals surface area (Å²) < 4.78 is 0.718. The van der Waals surface area contributed by atoms with Gasteiger partial charge in [0.2, 0.25) is 0 Å². The van der Waals surface area contributed by atoms with Gasteiger partial charge in [-0.05, 0) is 4.34 Å². The molecule has 0 N–H and O–H groups in total. The van der Waals surface area contributed by atoms with Crippen LogP contribution in [0.4, 0.5) is 0 Å². The van der Waals surface area contributed by atoms with Gasteiger partial charge in [-0.25, -0.2) is 0 Å². The molecule has 0 aliphatic carbocycles. The molecule has 0 radical (unpaired) electrons. The average Bonchev–Trinajstić information content (AvgIpc) is 1.86. The lowest BCUT2D eigenvalue weighted by Crippen LogP contribution is -1.56. The average molecular weight is 116 g/mol. The van der Waals surface area contributed by atoms with Crippen LogP contribution in [-0.2, 0) is 12.6 Å². The molecule has 0 saturated carbocycles. The number of rotatable bonds is 0. The van der Waals surface area contributed by atoms with Crippen LogP contribution in [0.5, 0.6) is 0 Å². The van der Waals surface area contributed by atoms with E-state index in [2.05, 4.69) is 17.6 Å². The van der Waals surface area contributed by atoms with E-state index in [-0.39, 0.29) is 0 Å². The first-order valence-electron chi connectivity index (χ1n) is 1.46. The maximum absolute atomic E-state index is 4.65. The molecule has 1 aromatic rings. The van der Waals surface area contributed by atoms with Crippen LogP contribution >= 0.6 is 11.3 Å². The lowest BCUT2D eigenvalue weighted by Gasteiger charge is -1.81. The molecule has 0 spiro atoms. The third-order valence-electron chi connectivity index (χ3n) is 0.410. The summed E-state index contributed by atoms with van der Waals surface area (Å²) in [5.41, 5.74) is 0. The van der Waals surface area contributed by atoms with Crippen molar-refractivity contribution in [2.75, 3.05) is 0 Å². The molecule has 0 bridgehead atoms. The van der Waals surface area contributed by atoms with E-state index >= 15 is 0 Å². The fourth-order valence-electron chi connectivity index (χ4n) is 0.210. The van der Waals surface area contributed by atoms with Crippen LogP contribution in [0.25, 0.3) is 0 Å². The zero-order chi connectivity index (χ0) is 4.41. The van der Waals surface area contributed by atoms with E-state index in [4.69, 9.17) is 0 Å². The molecule has 0 amide bonds. The van der Waals surface area contributed by atoms with Crippen molar-refractivity contribution in [1.29, 1.82) is 0 Å². The maximum atomic E-state index is 4.65. The third kappa shape index (κ3) is 0.666. The molecular weight excluding hydrogens is 114 g/mol. The predicted octanol–water partition coefficient (Wildman–Crippen LogP) is 1.05. The van der Waals surface area contributed by atoms with Crippen molar-refractivity contribution in [3.05, 3.63) is 11.6 Å². The first-order chi connectivity index (χ1) is 2.89. The van der Waals surface area contributed by atoms with E-state index in [0.717, 1.165) is 4.34 Å². The standard InChI is InChI=1S/C3H3NS2/c5-3-4-1-2-6-3/h1-2H,(H,4,5)/p-1. The first kappa shape index (κ1) is 4.02. The second-order valence-electron chi connectivity index (χ2n) is 0.798.